The first kappa shape index (κ1) is 16.0. The molecule has 116 valence electrons. The number of likely N-dealkylation sites (N-methyl/N-ethyl adjacent to an activating group) is 1. The van der Waals surface area contributed by atoms with E-state index in [-0.39, 0.29) is 18.1 Å². The Kier molecular flexibility index (Phi) is 5.82. The molecule has 1 aromatic heterocycles. The average Bonchev–Trinajstić information content (AvgIpc) is 2.42. The number of aromatic nitrogens is 1. The molecule has 2 rings (SSSR count). The number of ether oxygens (including phenoxy) is 1. The van der Waals surface area contributed by atoms with E-state index >= 15 is 0 Å². The van der Waals surface area contributed by atoms with Crippen LogP contribution in [0.1, 0.15) is 25.7 Å². The fraction of sp³-hybridized carbons (Fsp3) is 0.600. The number of carbonyl (C=O) groups is 1. The highest BCUT2D eigenvalue weighted by molar-refractivity contribution is 6.31. The van der Waals surface area contributed by atoms with Crippen molar-refractivity contribution in [1.82, 2.24) is 15.2 Å². The molecule has 0 radical (unpaired) electrons. The first-order valence-corrected chi connectivity index (χ1v) is 7.63. The predicted molar refractivity (Wildman–Crippen MR) is 82.6 cm³/mol. The predicted octanol–water partition coefficient (Wildman–Crippen LogP) is 2.10. The van der Waals surface area contributed by atoms with Gasteiger partial charge >= 0.3 is 0 Å². The molecule has 1 aromatic rings. The SMILES string of the molecule is CN(C)CC(=O)NC1CCC(Oc2ncccc2Cl)CC1. The van der Waals surface area contributed by atoms with E-state index in [2.05, 4.69) is 10.3 Å². The number of rotatable bonds is 5. The molecule has 0 atom stereocenters. The second-order valence-corrected chi connectivity index (χ2v) is 6.09. The van der Waals surface area contributed by atoms with Gasteiger partial charge < -0.3 is 15.0 Å². The van der Waals surface area contributed by atoms with E-state index in [9.17, 15) is 4.79 Å². The van der Waals surface area contributed by atoms with Crippen LogP contribution in [0.4, 0.5) is 0 Å². The molecule has 1 amide bonds. The van der Waals surface area contributed by atoms with Crippen molar-refractivity contribution in [3.05, 3.63) is 23.4 Å². The zero-order valence-electron chi connectivity index (χ0n) is 12.5. The normalized spacial score (nSPS) is 22.1. The van der Waals surface area contributed by atoms with Crippen LogP contribution >= 0.6 is 11.6 Å². The highest BCUT2D eigenvalue weighted by Gasteiger charge is 2.24. The molecule has 5 nitrogen and oxygen atoms in total. The van der Waals surface area contributed by atoms with E-state index in [1.165, 1.54) is 0 Å². The third-order valence-corrected chi connectivity index (χ3v) is 3.79. The molecule has 1 aliphatic rings. The summed E-state index contributed by atoms with van der Waals surface area (Å²) in [6, 6.07) is 3.81. The van der Waals surface area contributed by atoms with Crippen LogP contribution in [0.25, 0.3) is 0 Å². The number of amides is 1. The van der Waals surface area contributed by atoms with Crippen LogP contribution in [-0.4, -0.2) is 48.6 Å². The lowest BCUT2D eigenvalue weighted by atomic mass is 9.93. The number of hydrogen-bond donors (Lipinski definition) is 1. The Morgan fingerprint density at radius 1 is 1.43 bits per heavy atom. The molecule has 1 N–H and O–H groups in total. The lowest BCUT2D eigenvalue weighted by Crippen LogP contribution is -2.43. The summed E-state index contributed by atoms with van der Waals surface area (Å²) in [6.07, 6.45) is 5.45. The molecule has 21 heavy (non-hydrogen) atoms. The summed E-state index contributed by atoms with van der Waals surface area (Å²) in [5, 5.41) is 3.61. The molecule has 0 aromatic carbocycles. The summed E-state index contributed by atoms with van der Waals surface area (Å²) in [7, 11) is 3.78. The van der Waals surface area contributed by atoms with Crippen molar-refractivity contribution in [2.75, 3.05) is 20.6 Å². The van der Waals surface area contributed by atoms with E-state index in [0.717, 1.165) is 25.7 Å². The van der Waals surface area contributed by atoms with Crippen LogP contribution in [0.2, 0.25) is 5.02 Å². The summed E-state index contributed by atoms with van der Waals surface area (Å²) < 4.78 is 5.84. The summed E-state index contributed by atoms with van der Waals surface area (Å²) in [6.45, 7) is 0.431. The Morgan fingerprint density at radius 3 is 2.76 bits per heavy atom. The monoisotopic (exact) mass is 311 g/mol. The van der Waals surface area contributed by atoms with Gasteiger partial charge in [0, 0.05) is 12.2 Å². The first-order chi connectivity index (χ1) is 10.0. The molecular weight excluding hydrogens is 290 g/mol. The molecule has 1 fully saturated rings. The molecule has 0 unspecified atom stereocenters. The summed E-state index contributed by atoms with van der Waals surface area (Å²) in [4.78, 5) is 17.7. The molecule has 0 spiro atoms. The Hall–Kier alpha value is -1.33. The molecular formula is C15H22ClN3O2. The van der Waals surface area contributed by atoms with Crippen LogP contribution < -0.4 is 10.1 Å². The average molecular weight is 312 g/mol. The molecule has 1 saturated carbocycles. The van der Waals surface area contributed by atoms with Gasteiger partial charge in [-0.05, 0) is 51.9 Å². The van der Waals surface area contributed by atoms with Gasteiger partial charge in [-0.1, -0.05) is 11.6 Å². The number of hydrogen-bond acceptors (Lipinski definition) is 4. The lowest BCUT2D eigenvalue weighted by molar-refractivity contribution is -0.122. The van der Waals surface area contributed by atoms with E-state index < -0.39 is 0 Å². The maximum absolute atomic E-state index is 11.7. The maximum Gasteiger partial charge on any atom is 0.234 e. The Labute approximate surface area is 130 Å². The maximum atomic E-state index is 11.7. The fourth-order valence-corrected chi connectivity index (χ4v) is 2.67. The van der Waals surface area contributed by atoms with Crippen molar-refractivity contribution < 1.29 is 9.53 Å². The lowest BCUT2D eigenvalue weighted by Gasteiger charge is -2.29. The van der Waals surface area contributed by atoms with Crippen LogP contribution in [0, 0.1) is 0 Å². The van der Waals surface area contributed by atoms with Crippen LogP contribution in [-0.2, 0) is 4.79 Å². The van der Waals surface area contributed by atoms with E-state index in [1.807, 2.05) is 19.0 Å². The van der Waals surface area contributed by atoms with Crippen molar-refractivity contribution in [2.45, 2.75) is 37.8 Å². The fourth-order valence-electron chi connectivity index (χ4n) is 2.50. The van der Waals surface area contributed by atoms with Gasteiger partial charge in [-0.25, -0.2) is 4.98 Å². The molecule has 0 saturated heterocycles. The van der Waals surface area contributed by atoms with Crippen LogP contribution in [0.5, 0.6) is 5.88 Å². The Morgan fingerprint density at radius 2 is 2.14 bits per heavy atom. The largest absolute Gasteiger partial charge is 0.473 e. The second kappa shape index (κ2) is 7.61. The van der Waals surface area contributed by atoms with Gasteiger partial charge in [0.2, 0.25) is 11.8 Å². The van der Waals surface area contributed by atoms with Gasteiger partial charge in [-0.2, -0.15) is 0 Å². The number of pyridine rings is 1. The third kappa shape index (κ3) is 5.17. The second-order valence-electron chi connectivity index (χ2n) is 5.69. The molecule has 0 bridgehead atoms. The number of halogens is 1. The topological polar surface area (TPSA) is 54.5 Å². The quantitative estimate of drug-likeness (QED) is 0.905. The molecule has 6 heteroatoms. The number of carbonyl (C=O) groups excluding carboxylic acids is 1. The highest BCUT2D eigenvalue weighted by atomic mass is 35.5. The number of nitrogens with one attached hydrogen (secondary N) is 1. The molecule has 1 aliphatic carbocycles. The van der Waals surface area contributed by atoms with Crippen molar-refractivity contribution >= 4 is 17.5 Å². The standard InChI is InChI=1S/C15H22ClN3O2/c1-19(2)10-14(20)18-11-5-7-12(8-6-11)21-15-13(16)4-3-9-17-15/h3-4,9,11-12H,5-8,10H2,1-2H3,(H,18,20). The van der Waals surface area contributed by atoms with Crippen molar-refractivity contribution in [3.8, 4) is 5.88 Å². The summed E-state index contributed by atoms with van der Waals surface area (Å²) >= 11 is 6.04. The minimum atomic E-state index is 0.0807. The van der Waals surface area contributed by atoms with Gasteiger partial charge in [0.15, 0.2) is 0 Å². The van der Waals surface area contributed by atoms with Crippen LogP contribution in [0.15, 0.2) is 18.3 Å². The van der Waals surface area contributed by atoms with E-state index in [1.54, 1.807) is 18.3 Å². The van der Waals surface area contributed by atoms with Crippen molar-refractivity contribution in [2.24, 2.45) is 0 Å². The summed E-state index contributed by atoms with van der Waals surface area (Å²) in [5.74, 6) is 0.580. The molecule has 0 aliphatic heterocycles. The smallest absolute Gasteiger partial charge is 0.234 e. The highest BCUT2D eigenvalue weighted by Crippen LogP contribution is 2.27. The van der Waals surface area contributed by atoms with Crippen molar-refractivity contribution in [1.29, 1.82) is 0 Å². The van der Waals surface area contributed by atoms with Crippen molar-refractivity contribution in [3.63, 3.8) is 0 Å². The zero-order valence-corrected chi connectivity index (χ0v) is 13.3. The zero-order chi connectivity index (χ0) is 15.2. The summed E-state index contributed by atoms with van der Waals surface area (Å²) in [5.41, 5.74) is 0. The minimum absolute atomic E-state index is 0.0807. The van der Waals surface area contributed by atoms with Gasteiger partial charge in [-0.15, -0.1) is 0 Å². The van der Waals surface area contributed by atoms with Gasteiger partial charge in [0.25, 0.3) is 0 Å². The van der Waals surface area contributed by atoms with Gasteiger partial charge in [-0.3, -0.25) is 4.79 Å². The first-order valence-electron chi connectivity index (χ1n) is 7.26. The van der Waals surface area contributed by atoms with E-state index in [0.29, 0.717) is 17.4 Å². The van der Waals surface area contributed by atoms with Crippen LogP contribution in [0.3, 0.4) is 0 Å². The molecule has 1 heterocycles. The Balaban J connectivity index is 1.76. The van der Waals surface area contributed by atoms with Gasteiger partial charge in [0.05, 0.1) is 6.54 Å². The minimum Gasteiger partial charge on any atom is -0.473 e. The van der Waals surface area contributed by atoms with E-state index in [4.69, 9.17) is 16.3 Å². The number of nitrogens with zero attached hydrogens (tertiary/aromatic N) is 2. The third-order valence-electron chi connectivity index (χ3n) is 3.50. The van der Waals surface area contributed by atoms with Gasteiger partial charge in [0.1, 0.15) is 11.1 Å². The Bertz CT molecular complexity index is 474.